The Morgan fingerprint density at radius 3 is 2.28 bits per heavy atom. The number of nitrogens with one attached hydrogen (secondary N) is 2. The average molecular weight is 241 g/mol. The summed E-state index contributed by atoms with van der Waals surface area (Å²) in [6, 6.07) is 7.79. The summed E-state index contributed by atoms with van der Waals surface area (Å²) in [5, 5.41) is 11.5. The van der Waals surface area contributed by atoms with E-state index in [1.54, 1.807) is 0 Å². The monoisotopic (exact) mass is 241 g/mol. The Morgan fingerprint density at radius 1 is 1.11 bits per heavy atom. The van der Waals surface area contributed by atoms with Crippen molar-refractivity contribution < 1.29 is 0 Å². The van der Waals surface area contributed by atoms with Crippen LogP contribution in [-0.4, -0.2) is 5.71 Å². The maximum atomic E-state index is 8.02. The van der Waals surface area contributed by atoms with Gasteiger partial charge >= 0.3 is 0 Å². The molecule has 2 saturated carbocycles. The molecule has 1 aromatic carbocycles. The predicted octanol–water partition coefficient (Wildman–Crippen LogP) is 3.40. The third-order valence-corrected chi connectivity index (χ3v) is 3.54. The quantitative estimate of drug-likeness (QED) is 0.546. The Kier molecular flexibility index (Phi) is 2.82. The summed E-state index contributed by atoms with van der Waals surface area (Å²) >= 11 is 0. The number of benzene rings is 1. The third kappa shape index (κ3) is 2.73. The van der Waals surface area contributed by atoms with Crippen LogP contribution in [-0.2, 0) is 0 Å². The Morgan fingerprint density at radius 2 is 1.72 bits per heavy atom. The van der Waals surface area contributed by atoms with Crippen LogP contribution in [0.2, 0.25) is 0 Å². The van der Waals surface area contributed by atoms with E-state index in [0.29, 0.717) is 11.8 Å². The highest BCUT2D eigenvalue weighted by Gasteiger charge is 2.29. The molecule has 0 bridgehead atoms. The van der Waals surface area contributed by atoms with E-state index >= 15 is 0 Å². The van der Waals surface area contributed by atoms with Crippen molar-refractivity contribution >= 4 is 17.1 Å². The van der Waals surface area contributed by atoms with Crippen molar-refractivity contribution in [3.8, 4) is 0 Å². The molecule has 3 heteroatoms. The minimum absolute atomic E-state index is 0.520. The fourth-order valence-corrected chi connectivity index (χ4v) is 2.06. The molecule has 0 saturated heterocycles. The van der Waals surface area contributed by atoms with Gasteiger partial charge in [-0.15, -0.1) is 0 Å². The summed E-state index contributed by atoms with van der Waals surface area (Å²) in [7, 11) is 0. The second kappa shape index (κ2) is 4.48. The van der Waals surface area contributed by atoms with Crippen molar-refractivity contribution in [2.75, 3.05) is 11.1 Å². The van der Waals surface area contributed by atoms with Crippen LogP contribution in [0.4, 0.5) is 11.4 Å². The Bertz CT molecular complexity index is 479. The first-order valence-electron chi connectivity index (χ1n) is 6.65. The largest absolute Gasteiger partial charge is 0.399 e. The molecular formula is C15H19N3. The van der Waals surface area contributed by atoms with Crippen molar-refractivity contribution in [2.24, 2.45) is 11.8 Å². The van der Waals surface area contributed by atoms with Gasteiger partial charge < -0.3 is 16.5 Å². The van der Waals surface area contributed by atoms with Crippen LogP contribution >= 0.6 is 0 Å². The topological polar surface area (TPSA) is 61.9 Å². The van der Waals surface area contributed by atoms with Crippen molar-refractivity contribution in [3.63, 3.8) is 0 Å². The van der Waals surface area contributed by atoms with Crippen molar-refractivity contribution in [1.82, 2.24) is 0 Å². The first kappa shape index (κ1) is 11.3. The van der Waals surface area contributed by atoms with Crippen LogP contribution < -0.4 is 11.1 Å². The first-order chi connectivity index (χ1) is 8.72. The lowest BCUT2D eigenvalue weighted by molar-refractivity contribution is 1.01. The van der Waals surface area contributed by atoms with Gasteiger partial charge in [0.2, 0.25) is 0 Å². The zero-order valence-corrected chi connectivity index (χ0v) is 10.4. The van der Waals surface area contributed by atoms with Gasteiger partial charge in [0.05, 0.1) is 0 Å². The van der Waals surface area contributed by atoms with Gasteiger partial charge in [0.25, 0.3) is 0 Å². The standard InChI is InChI=1S/C15H19N3/c16-12-5-7-13(8-6-12)18-15(11-3-4-11)9-14(17)10-1-2-10/h5-11,17-18H,1-4,16H2/b15-9-,17-14?. The second-order valence-electron chi connectivity index (χ2n) is 5.35. The van der Waals surface area contributed by atoms with Crippen molar-refractivity contribution in [2.45, 2.75) is 25.7 Å². The van der Waals surface area contributed by atoms with E-state index < -0.39 is 0 Å². The van der Waals surface area contributed by atoms with Gasteiger partial charge in [0.1, 0.15) is 0 Å². The molecule has 0 radical (unpaired) electrons. The maximum absolute atomic E-state index is 8.02. The number of allylic oxidation sites excluding steroid dienone is 2. The molecule has 0 aliphatic heterocycles. The summed E-state index contributed by atoms with van der Waals surface area (Å²) < 4.78 is 0. The van der Waals surface area contributed by atoms with E-state index in [1.165, 1.54) is 31.4 Å². The van der Waals surface area contributed by atoms with Crippen LogP contribution in [0.3, 0.4) is 0 Å². The zero-order valence-electron chi connectivity index (χ0n) is 10.4. The van der Waals surface area contributed by atoms with E-state index in [9.17, 15) is 0 Å². The Balaban J connectivity index is 1.73. The van der Waals surface area contributed by atoms with Gasteiger partial charge in [0, 0.05) is 28.7 Å². The van der Waals surface area contributed by atoms with Gasteiger partial charge in [-0.1, -0.05) is 0 Å². The van der Waals surface area contributed by atoms with Crippen LogP contribution in [0.25, 0.3) is 0 Å². The molecule has 2 fully saturated rings. The second-order valence-corrected chi connectivity index (χ2v) is 5.35. The maximum Gasteiger partial charge on any atom is 0.0383 e. The SMILES string of the molecule is N=C(/C=C(\Nc1ccc(N)cc1)C1CC1)C1CC1. The lowest BCUT2D eigenvalue weighted by Crippen LogP contribution is -2.06. The summed E-state index contributed by atoms with van der Waals surface area (Å²) in [5.41, 5.74) is 9.52. The van der Waals surface area contributed by atoms with Gasteiger partial charge in [-0.3, -0.25) is 0 Å². The van der Waals surface area contributed by atoms with Crippen LogP contribution in [0.15, 0.2) is 36.0 Å². The minimum Gasteiger partial charge on any atom is -0.399 e. The first-order valence-corrected chi connectivity index (χ1v) is 6.65. The number of hydrogen-bond donors (Lipinski definition) is 3. The lowest BCUT2D eigenvalue weighted by atomic mass is 10.1. The fraction of sp³-hybridized carbons (Fsp3) is 0.400. The third-order valence-electron chi connectivity index (χ3n) is 3.54. The molecule has 2 aliphatic rings. The van der Waals surface area contributed by atoms with E-state index in [1.807, 2.05) is 30.3 Å². The number of anilines is 2. The van der Waals surface area contributed by atoms with Gasteiger partial charge in [0.15, 0.2) is 0 Å². The lowest BCUT2D eigenvalue weighted by Gasteiger charge is -2.11. The summed E-state index contributed by atoms with van der Waals surface area (Å²) in [6.45, 7) is 0. The number of rotatable bonds is 5. The van der Waals surface area contributed by atoms with Gasteiger partial charge in [-0.2, -0.15) is 0 Å². The van der Waals surface area contributed by atoms with Crippen LogP contribution in [0.1, 0.15) is 25.7 Å². The predicted molar refractivity (Wildman–Crippen MR) is 75.7 cm³/mol. The molecule has 0 unspecified atom stereocenters. The molecule has 0 atom stereocenters. The summed E-state index contributed by atoms with van der Waals surface area (Å²) in [6.07, 6.45) is 6.91. The van der Waals surface area contributed by atoms with Crippen molar-refractivity contribution in [3.05, 3.63) is 36.0 Å². The normalized spacial score (nSPS) is 19.7. The zero-order chi connectivity index (χ0) is 12.5. The molecule has 0 spiro atoms. The van der Waals surface area contributed by atoms with Gasteiger partial charge in [-0.25, -0.2) is 0 Å². The van der Waals surface area contributed by atoms with E-state index in [-0.39, 0.29) is 0 Å². The van der Waals surface area contributed by atoms with Crippen LogP contribution in [0.5, 0.6) is 0 Å². The van der Waals surface area contributed by atoms with E-state index in [0.717, 1.165) is 17.1 Å². The van der Waals surface area contributed by atoms with Crippen LogP contribution in [0, 0.1) is 17.2 Å². The number of hydrogen-bond acceptors (Lipinski definition) is 3. The highest BCUT2D eigenvalue weighted by Crippen LogP contribution is 2.38. The van der Waals surface area contributed by atoms with E-state index in [2.05, 4.69) is 5.32 Å². The highest BCUT2D eigenvalue weighted by atomic mass is 14.9. The minimum atomic E-state index is 0.520. The summed E-state index contributed by atoms with van der Waals surface area (Å²) in [4.78, 5) is 0. The van der Waals surface area contributed by atoms with E-state index in [4.69, 9.17) is 11.1 Å². The molecule has 2 aliphatic carbocycles. The molecule has 1 aromatic rings. The molecule has 0 aromatic heterocycles. The molecule has 18 heavy (non-hydrogen) atoms. The molecule has 94 valence electrons. The molecule has 3 nitrogen and oxygen atoms in total. The Hall–Kier alpha value is -1.77. The van der Waals surface area contributed by atoms with Crippen molar-refractivity contribution in [1.29, 1.82) is 5.41 Å². The molecule has 3 rings (SSSR count). The Labute approximate surface area is 108 Å². The summed E-state index contributed by atoms with van der Waals surface area (Å²) in [5.74, 6) is 1.15. The molecule has 4 N–H and O–H groups in total. The highest BCUT2D eigenvalue weighted by molar-refractivity contribution is 5.96. The fourth-order valence-electron chi connectivity index (χ4n) is 2.06. The smallest absolute Gasteiger partial charge is 0.0383 e. The van der Waals surface area contributed by atoms with Gasteiger partial charge in [-0.05, 0) is 61.9 Å². The molecular weight excluding hydrogens is 222 g/mol. The number of nitrogen functional groups attached to an aromatic ring is 1. The molecule has 0 heterocycles. The molecule has 0 amide bonds. The average Bonchev–Trinajstić information content (AvgIpc) is 3.22. The number of nitrogens with two attached hydrogens (primary N) is 1.